The van der Waals surface area contributed by atoms with Crippen molar-refractivity contribution < 1.29 is 9.84 Å². The van der Waals surface area contributed by atoms with Gasteiger partial charge in [0.15, 0.2) is 0 Å². The van der Waals surface area contributed by atoms with E-state index in [4.69, 9.17) is 4.74 Å². The Hall–Kier alpha value is -0.540. The number of β-amino-alcohol motifs (C(OH)–C–C–N with tert-alkyl or cyclic N) is 1. The third-order valence-electron chi connectivity index (χ3n) is 2.75. The Kier molecular flexibility index (Phi) is 1.85. The van der Waals surface area contributed by atoms with Crippen LogP contribution in [0.4, 0.5) is 0 Å². The molecule has 2 aliphatic heterocycles. The Labute approximate surface area is 72.6 Å². The fourth-order valence-electron chi connectivity index (χ4n) is 1.97. The summed E-state index contributed by atoms with van der Waals surface area (Å²) in [6, 6.07) is 0. The zero-order chi connectivity index (χ0) is 8.60. The molecule has 0 saturated carbocycles. The predicted molar refractivity (Wildman–Crippen MR) is 45.7 cm³/mol. The first-order chi connectivity index (χ1) is 5.71. The van der Waals surface area contributed by atoms with Gasteiger partial charge >= 0.3 is 0 Å². The van der Waals surface area contributed by atoms with Gasteiger partial charge in [-0.1, -0.05) is 0 Å². The fourth-order valence-corrected chi connectivity index (χ4v) is 1.97. The number of aliphatic hydroxyl groups is 1. The van der Waals surface area contributed by atoms with E-state index in [0.29, 0.717) is 0 Å². The monoisotopic (exact) mass is 169 g/mol. The maximum absolute atomic E-state index is 10.2. The van der Waals surface area contributed by atoms with Crippen LogP contribution in [0.5, 0.6) is 0 Å². The molecule has 68 valence electrons. The highest BCUT2D eigenvalue weighted by Crippen LogP contribution is 2.32. The van der Waals surface area contributed by atoms with Gasteiger partial charge in [-0.25, -0.2) is 0 Å². The van der Waals surface area contributed by atoms with Crippen LogP contribution >= 0.6 is 0 Å². The van der Waals surface area contributed by atoms with Gasteiger partial charge in [-0.15, -0.1) is 0 Å². The van der Waals surface area contributed by atoms with Crippen LogP contribution in [0.3, 0.4) is 0 Å². The molecule has 0 bridgehead atoms. The first-order valence-electron chi connectivity index (χ1n) is 4.43. The van der Waals surface area contributed by atoms with Crippen LogP contribution in [0, 0.1) is 0 Å². The minimum absolute atomic E-state index is 0.592. The van der Waals surface area contributed by atoms with Crippen LogP contribution in [0.15, 0.2) is 11.8 Å². The Morgan fingerprint density at radius 2 is 2.50 bits per heavy atom. The molecule has 0 aliphatic carbocycles. The average molecular weight is 169 g/mol. The van der Waals surface area contributed by atoms with E-state index in [1.54, 1.807) is 6.26 Å². The Bertz CT molecular complexity index is 215. The molecule has 2 aliphatic rings. The molecule has 0 aromatic carbocycles. The van der Waals surface area contributed by atoms with E-state index in [1.165, 1.54) is 0 Å². The summed E-state index contributed by atoms with van der Waals surface area (Å²) in [4.78, 5) is 2.15. The molecular formula is C9H15NO2. The molecule has 1 fully saturated rings. The van der Waals surface area contributed by atoms with Gasteiger partial charge in [-0.05, 0) is 13.5 Å². The van der Waals surface area contributed by atoms with Gasteiger partial charge in [-0.3, -0.25) is 0 Å². The molecule has 1 atom stereocenters. The lowest BCUT2D eigenvalue weighted by atomic mass is 9.92. The van der Waals surface area contributed by atoms with Gasteiger partial charge in [-0.2, -0.15) is 0 Å². The highest BCUT2D eigenvalue weighted by molar-refractivity contribution is 5.20. The van der Waals surface area contributed by atoms with Gasteiger partial charge in [0.05, 0.1) is 12.9 Å². The minimum Gasteiger partial charge on any atom is -0.501 e. The third-order valence-corrected chi connectivity index (χ3v) is 2.75. The second kappa shape index (κ2) is 2.75. The number of nitrogens with zero attached hydrogens (tertiary/aromatic N) is 1. The molecule has 3 heteroatoms. The molecule has 0 spiro atoms. The van der Waals surface area contributed by atoms with E-state index >= 15 is 0 Å². The molecule has 1 unspecified atom stereocenters. The summed E-state index contributed by atoms with van der Waals surface area (Å²) in [5.74, 6) is 0. The maximum Gasteiger partial charge on any atom is 0.103 e. The quantitative estimate of drug-likeness (QED) is 0.615. The summed E-state index contributed by atoms with van der Waals surface area (Å²) >= 11 is 0. The molecule has 0 aromatic heterocycles. The highest BCUT2D eigenvalue weighted by Gasteiger charge is 2.38. The third kappa shape index (κ3) is 1.23. The number of ether oxygens (including phenoxy) is 1. The molecule has 0 amide bonds. The molecule has 2 heterocycles. The Morgan fingerprint density at radius 3 is 3.00 bits per heavy atom. The van der Waals surface area contributed by atoms with Gasteiger partial charge < -0.3 is 14.7 Å². The summed E-state index contributed by atoms with van der Waals surface area (Å²) < 4.78 is 5.13. The van der Waals surface area contributed by atoms with Gasteiger partial charge in [0.25, 0.3) is 0 Å². The number of rotatable bonds is 1. The van der Waals surface area contributed by atoms with E-state index in [1.807, 2.05) is 7.05 Å². The lowest BCUT2D eigenvalue weighted by Gasteiger charge is -2.22. The van der Waals surface area contributed by atoms with Crippen molar-refractivity contribution in [2.24, 2.45) is 0 Å². The standard InChI is InChI=1S/C9H15NO2/c1-10-4-3-9(11,7-10)8-2-5-12-6-8/h6,11H,2-5,7H2,1H3. The molecule has 0 aromatic rings. The van der Waals surface area contributed by atoms with Crippen molar-refractivity contribution in [2.45, 2.75) is 18.4 Å². The first kappa shape index (κ1) is 8.08. The summed E-state index contributed by atoms with van der Waals surface area (Å²) in [7, 11) is 2.04. The van der Waals surface area contributed by atoms with Crippen LogP contribution in [0.1, 0.15) is 12.8 Å². The maximum atomic E-state index is 10.2. The van der Waals surface area contributed by atoms with Crippen molar-refractivity contribution in [1.82, 2.24) is 4.90 Å². The highest BCUT2D eigenvalue weighted by atomic mass is 16.5. The molecule has 1 N–H and O–H groups in total. The second-order valence-corrected chi connectivity index (χ2v) is 3.78. The van der Waals surface area contributed by atoms with Crippen LogP contribution in [0.25, 0.3) is 0 Å². The zero-order valence-electron chi connectivity index (χ0n) is 7.42. The van der Waals surface area contributed by atoms with Crippen LogP contribution in [-0.4, -0.2) is 42.4 Å². The normalized spacial score (nSPS) is 36.7. The van der Waals surface area contributed by atoms with Gasteiger partial charge in [0.1, 0.15) is 5.60 Å². The summed E-state index contributed by atoms with van der Waals surface area (Å²) in [5.41, 5.74) is 0.484. The predicted octanol–water partition coefficient (Wildman–Crippen LogP) is 0.357. The van der Waals surface area contributed by atoms with Gasteiger partial charge in [0.2, 0.25) is 0 Å². The van der Waals surface area contributed by atoms with Gasteiger partial charge in [0, 0.05) is 25.1 Å². The molecule has 1 saturated heterocycles. The number of hydrogen-bond acceptors (Lipinski definition) is 3. The van der Waals surface area contributed by atoms with E-state index in [2.05, 4.69) is 4.90 Å². The van der Waals surface area contributed by atoms with Crippen molar-refractivity contribution in [2.75, 3.05) is 26.7 Å². The van der Waals surface area contributed by atoms with Crippen molar-refractivity contribution in [3.8, 4) is 0 Å². The fraction of sp³-hybridized carbons (Fsp3) is 0.778. The number of likely N-dealkylation sites (N-methyl/N-ethyl adjacent to an activating group) is 1. The smallest absolute Gasteiger partial charge is 0.103 e. The SMILES string of the molecule is CN1CCC(O)(C2=COCC2)C1. The molecule has 2 rings (SSSR count). The number of hydrogen-bond donors (Lipinski definition) is 1. The number of likely N-dealkylation sites (tertiary alicyclic amines) is 1. The van der Waals surface area contributed by atoms with E-state index in [-0.39, 0.29) is 0 Å². The summed E-state index contributed by atoms with van der Waals surface area (Å²) in [6.45, 7) is 2.47. The summed E-state index contributed by atoms with van der Waals surface area (Å²) in [6.07, 6.45) is 3.47. The Balaban J connectivity index is 2.10. The molecule has 12 heavy (non-hydrogen) atoms. The van der Waals surface area contributed by atoms with Crippen LogP contribution < -0.4 is 0 Å². The lowest BCUT2D eigenvalue weighted by Crippen LogP contribution is -2.33. The summed E-state index contributed by atoms with van der Waals surface area (Å²) in [5, 5.41) is 10.2. The first-order valence-corrected chi connectivity index (χ1v) is 4.43. The molecule has 3 nitrogen and oxygen atoms in total. The van der Waals surface area contributed by atoms with E-state index in [9.17, 15) is 5.11 Å². The molecular weight excluding hydrogens is 154 g/mol. The largest absolute Gasteiger partial charge is 0.501 e. The average Bonchev–Trinajstić information content (AvgIpc) is 2.59. The van der Waals surface area contributed by atoms with E-state index < -0.39 is 5.60 Å². The van der Waals surface area contributed by atoms with Crippen LogP contribution in [0.2, 0.25) is 0 Å². The zero-order valence-corrected chi connectivity index (χ0v) is 7.42. The lowest BCUT2D eigenvalue weighted by molar-refractivity contribution is 0.0874. The minimum atomic E-state index is -0.592. The van der Waals surface area contributed by atoms with Crippen LogP contribution in [-0.2, 0) is 4.74 Å². The van der Waals surface area contributed by atoms with Crippen molar-refractivity contribution in [3.05, 3.63) is 11.8 Å². The van der Waals surface area contributed by atoms with Crippen molar-refractivity contribution in [3.63, 3.8) is 0 Å². The van der Waals surface area contributed by atoms with Crippen molar-refractivity contribution in [1.29, 1.82) is 0 Å². The molecule has 0 radical (unpaired) electrons. The Morgan fingerprint density at radius 1 is 1.67 bits per heavy atom. The second-order valence-electron chi connectivity index (χ2n) is 3.78. The topological polar surface area (TPSA) is 32.7 Å². The van der Waals surface area contributed by atoms with Crippen molar-refractivity contribution >= 4 is 0 Å². The van der Waals surface area contributed by atoms with E-state index in [0.717, 1.165) is 38.1 Å².